The number of hydrogen-bond donors (Lipinski definition) is 1. The molecule has 0 saturated carbocycles. The fourth-order valence-electron chi connectivity index (χ4n) is 2.60. The van der Waals surface area contributed by atoms with Gasteiger partial charge < -0.3 is 14.3 Å². The smallest absolute Gasteiger partial charge is 0.416 e. The van der Waals surface area contributed by atoms with Crippen molar-refractivity contribution in [1.82, 2.24) is 4.98 Å². The highest BCUT2D eigenvalue weighted by atomic mass is 19.4. The minimum absolute atomic E-state index is 0.152. The van der Waals surface area contributed by atoms with Gasteiger partial charge in [0.15, 0.2) is 0 Å². The molecule has 152 valence electrons. The molecule has 3 rings (SSSR count). The summed E-state index contributed by atoms with van der Waals surface area (Å²) in [4.78, 5) is 4.35. The van der Waals surface area contributed by atoms with Crippen LogP contribution in [-0.4, -0.2) is 16.2 Å². The van der Waals surface area contributed by atoms with Gasteiger partial charge in [-0.1, -0.05) is 24.3 Å². The number of benzene rings is 2. The van der Waals surface area contributed by atoms with Crippen LogP contribution in [0.4, 0.5) is 13.2 Å². The zero-order valence-corrected chi connectivity index (χ0v) is 15.9. The molecule has 3 aromatic rings. The van der Waals surface area contributed by atoms with Gasteiger partial charge in [-0.3, -0.25) is 0 Å². The van der Waals surface area contributed by atoms with E-state index in [1.165, 1.54) is 12.1 Å². The fraction of sp³-hybridized carbons (Fsp3) is 0.227. The summed E-state index contributed by atoms with van der Waals surface area (Å²) in [6, 6.07) is 12.0. The van der Waals surface area contributed by atoms with Crippen LogP contribution in [0, 0.1) is 6.92 Å². The maximum Gasteiger partial charge on any atom is 0.416 e. The van der Waals surface area contributed by atoms with Gasteiger partial charge in [0.2, 0.25) is 5.89 Å². The molecule has 0 spiro atoms. The molecular weight excluding hydrogens is 383 g/mol. The van der Waals surface area contributed by atoms with Crippen LogP contribution in [0.15, 0.2) is 59.0 Å². The lowest BCUT2D eigenvalue weighted by Crippen LogP contribution is -2.04. The van der Waals surface area contributed by atoms with Crippen molar-refractivity contribution >= 4 is 6.08 Å². The number of aryl methyl sites for hydroxylation is 1. The Hall–Kier alpha value is -3.06. The van der Waals surface area contributed by atoms with Crippen molar-refractivity contribution in [3.05, 3.63) is 77.2 Å². The molecule has 2 aromatic carbocycles. The number of ether oxygens (including phenoxy) is 1. The molecule has 1 aromatic heterocycles. The van der Waals surface area contributed by atoms with Gasteiger partial charge in [-0.2, -0.15) is 13.2 Å². The zero-order valence-electron chi connectivity index (χ0n) is 15.9. The summed E-state index contributed by atoms with van der Waals surface area (Å²) in [6.45, 7) is 3.54. The average molecular weight is 403 g/mol. The van der Waals surface area contributed by atoms with E-state index in [-0.39, 0.29) is 12.5 Å². The summed E-state index contributed by atoms with van der Waals surface area (Å²) >= 11 is 0. The number of oxazole rings is 1. The average Bonchev–Trinajstić information content (AvgIpc) is 3.05. The maximum absolute atomic E-state index is 12.7. The molecule has 0 bridgehead atoms. The van der Waals surface area contributed by atoms with E-state index in [0.29, 0.717) is 22.8 Å². The van der Waals surface area contributed by atoms with Gasteiger partial charge in [-0.15, -0.1) is 0 Å². The summed E-state index contributed by atoms with van der Waals surface area (Å²) in [5.74, 6) is 1.39. The fourth-order valence-corrected chi connectivity index (χ4v) is 2.60. The first-order valence-corrected chi connectivity index (χ1v) is 8.95. The highest BCUT2D eigenvalue weighted by Gasteiger charge is 2.30. The lowest BCUT2D eigenvalue weighted by atomic mass is 10.1. The molecule has 1 unspecified atom stereocenters. The Morgan fingerprint density at radius 1 is 1.17 bits per heavy atom. The third kappa shape index (κ3) is 5.48. The zero-order chi connectivity index (χ0) is 21.0. The van der Waals surface area contributed by atoms with Crippen molar-refractivity contribution in [3.63, 3.8) is 0 Å². The molecule has 0 saturated heterocycles. The first-order chi connectivity index (χ1) is 13.7. The normalized spacial score (nSPS) is 13.0. The lowest BCUT2D eigenvalue weighted by molar-refractivity contribution is -0.137. The quantitative estimate of drug-likeness (QED) is 0.579. The van der Waals surface area contributed by atoms with Crippen LogP contribution in [0.2, 0.25) is 0 Å². The first-order valence-electron chi connectivity index (χ1n) is 8.95. The van der Waals surface area contributed by atoms with Crippen molar-refractivity contribution in [3.8, 4) is 17.2 Å². The van der Waals surface area contributed by atoms with Crippen LogP contribution in [-0.2, 0) is 12.8 Å². The largest absolute Gasteiger partial charge is 0.487 e. The Bertz CT molecular complexity index is 989. The predicted molar refractivity (Wildman–Crippen MR) is 103 cm³/mol. The Labute approximate surface area is 166 Å². The summed E-state index contributed by atoms with van der Waals surface area (Å²) < 4.78 is 49.4. The van der Waals surface area contributed by atoms with Gasteiger partial charge in [0.1, 0.15) is 23.8 Å². The van der Waals surface area contributed by atoms with Crippen LogP contribution in [0.3, 0.4) is 0 Å². The topological polar surface area (TPSA) is 55.5 Å². The number of hydrogen-bond acceptors (Lipinski definition) is 4. The van der Waals surface area contributed by atoms with E-state index in [1.807, 2.05) is 18.2 Å². The van der Waals surface area contributed by atoms with E-state index in [4.69, 9.17) is 9.15 Å². The second-order valence-electron chi connectivity index (χ2n) is 6.56. The van der Waals surface area contributed by atoms with Gasteiger partial charge >= 0.3 is 6.18 Å². The molecule has 1 atom stereocenters. The molecule has 7 heteroatoms. The maximum atomic E-state index is 12.7. The van der Waals surface area contributed by atoms with E-state index >= 15 is 0 Å². The minimum atomic E-state index is -4.39. The van der Waals surface area contributed by atoms with Gasteiger partial charge in [0, 0.05) is 5.56 Å². The van der Waals surface area contributed by atoms with Gasteiger partial charge in [0.25, 0.3) is 0 Å². The van der Waals surface area contributed by atoms with Crippen molar-refractivity contribution < 1.29 is 27.4 Å². The minimum Gasteiger partial charge on any atom is -0.487 e. The Morgan fingerprint density at radius 3 is 2.55 bits per heavy atom. The van der Waals surface area contributed by atoms with Crippen molar-refractivity contribution in [2.24, 2.45) is 0 Å². The van der Waals surface area contributed by atoms with Crippen molar-refractivity contribution in [2.75, 3.05) is 0 Å². The number of aliphatic hydroxyl groups is 1. The molecule has 0 amide bonds. The standard InChI is InChI=1S/C22H20F3NO3/c1-14(27)6-7-16-4-3-5-19(12-16)28-13-20-15(2)29-21(26-20)17-8-10-18(11-9-17)22(23,24)25/h3-12,14,27H,13H2,1-2H3/b7-6+. The van der Waals surface area contributed by atoms with Gasteiger partial charge in [-0.25, -0.2) is 4.98 Å². The molecule has 1 N–H and O–H groups in total. The number of nitrogens with zero attached hydrogens (tertiary/aromatic N) is 1. The van der Waals surface area contributed by atoms with E-state index in [9.17, 15) is 18.3 Å². The van der Waals surface area contributed by atoms with Crippen LogP contribution in [0.25, 0.3) is 17.5 Å². The van der Waals surface area contributed by atoms with Crippen molar-refractivity contribution in [1.29, 1.82) is 0 Å². The van der Waals surface area contributed by atoms with Crippen LogP contribution >= 0.6 is 0 Å². The molecule has 0 fully saturated rings. The Balaban J connectivity index is 1.71. The summed E-state index contributed by atoms with van der Waals surface area (Å²) in [5, 5.41) is 9.32. The molecule has 0 aliphatic rings. The first kappa shape index (κ1) is 20.7. The third-order valence-corrected chi connectivity index (χ3v) is 4.15. The summed E-state index contributed by atoms with van der Waals surface area (Å²) in [7, 11) is 0. The highest BCUT2D eigenvalue weighted by molar-refractivity contribution is 5.54. The predicted octanol–water partition coefficient (Wildman–Crippen LogP) is 5.64. The second kappa shape index (κ2) is 8.53. The molecule has 0 aliphatic heterocycles. The summed E-state index contributed by atoms with van der Waals surface area (Å²) in [5.41, 5.74) is 1.17. The van der Waals surface area contributed by atoms with E-state index in [1.54, 1.807) is 32.1 Å². The number of aromatic nitrogens is 1. The molecule has 4 nitrogen and oxygen atoms in total. The van der Waals surface area contributed by atoms with Crippen molar-refractivity contribution in [2.45, 2.75) is 32.7 Å². The second-order valence-corrected chi connectivity index (χ2v) is 6.56. The highest BCUT2D eigenvalue weighted by Crippen LogP contribution is 2.31. The molecule has 29 heavy (non-hydrogen) atoms. The Kier molecular flexibility index (Phi) is 6.08. The van der Waals surface area contributed by atoms with Crippen LogP contribution in [0.5, 0.6) is 5.75 Å². The Morgan fingerprint density at radius 2 is 1.90 bits per heavy atom. The van der Waals surface area contributed by atoms with Crippen LogP contribution < -0.4 is 4.74 Å². The molecular formula is C22H20F3NO3. The van der Waals surface area contributed by atoms with Gasteiger partial charge in [-0.05, 0) is 55.8 Å². The molecule has 1 heterocycles. The number of halogens is 3. The van der Waals surface area contributed by atoms with E-state index in [0.717, 1.165) is 17.7 Å². The lowest BCUT2D eigenvalue weighted by Gasteiger charge is -2.06. The van der Waals surface area contributed by atoms with E-state index in [2.05, 4.69) is 4.98 Å². The monoisotopic (exact) mass is 403 g/mol. The molecule has 0 radical (unpaired) electrons. The summed E-state index contributed by atoms with van der Waals surface area (Å²) in [6.07, 6.45) is -1.47. The van der Waals surface area contributed by atoms with E-state index < -0.39 is 17.8 Å². The SMILES string of the molecule is Cc1oc(-c2ccc(C(F)(F)F)cc2)nc1COc1cccc(/C=C/C(C)O)c1. The third-order valence-electron chi connectivity index (χ3n) is 4.15. The van der Waals surface area contributed by atoms with Gasteiger partial charge in [0.05, 0.1) is 11.7 Å². The molecule has 0 aliphatic carbocycles. The number of rotatable bonds is 6. The number of alkyl halides is 3. The van der Waals surface area contributed by atoms with Crippen LogP contribution in [0.1, 0.15) is 29.5 Å². The number of aliphatic hydroxyl groups excluding tert-OH is 1.